The molecule has 0 fully saturated rings. The van der Waals surface area contributed by atoms with Crippen LogP contribution in [0.1, 0.15) is 6.92 Å². The normalized spacial score (nSPS) is 16.6. The summed E-state index contributed by atoms with van der Waals surface area (Å²) in [5.74, 6) is 0.0706. The summed E-state index contributed by atoms with van der Waals surface area (Å²) >= 11 is 0. The zero-order valence-electron chi connectivity index (χ0n) is 11.9. The van der Waals surface area contributed by atoms with E-state index in [1.54, 1.807) is 24.3 Å². The Labute approximate surface area is 123 Å². The average molecular weight is 286 g/mol. The van der Waals surface area contributed by atoms with Gasteiger partial charge in [-0.05, 0) is 25.1 Å². The van der Waals surface area contributed by atoms with E-state index in [0.717, 1.165) is 0 Å². The number of nitrogens with one attached hydrogen (secondary N) is 1. The molecule has 0 unspecified atom stereocenters. The van der Waals surface area contributed by atoms with Crippen LogP contribution in [0.3, 0.4) is 0 Å². The number of rotatable bonds is 5. The topological polar surface area (TPSA) is 58.6 Å². The number of hydrogen-bond acceptors (Lipinski definition) is 3. The molecule has 0 saturated carbocycles. The van der Waals surface area contributed by atoms with E-state index in [2.05, 4.69) is 11.9 Å². The molecule has 5 heteroatoms. The largest absolute Gasteiger partial charge is 0.492 e. The first-order chi connectivity index (χ1) is 10.2. The van der Waals surface area contributed by atoms with Crippen LogP contribution in [0.4, 0.5) is 5.69 Å². The van der Waals surface area contributed by atoms with Crippen LogP contribution < -0.4 is 10.1 Å². The Kier molecular flexibility index (Phi) is 4.77. The highest BCUT2D eigenvalue weighted by molar-refractivity contribution is 6.01. The van der Waals surface area contributed by atoms with Gasteiger partial charge in [-0.3, -0.25) is 9.59 Å². The summed E-state index contributed by atoms with van der Waals surface area (Å²) in [7, 11) is 0. The summed E-state index contributed by atoms with van der Waals surface area (Å²) in [5.41, 5.74) is 0.593. The van der Waals surface area contributed by atoms with Gasteiger partial charge in [0.1, 0.15) is 11.8 Å². The fourth-order valence-electron chi connectivity index (χ4n) is 2.15. The predicted molar refractivity (Wildman–Crippen MR) is 81.1 cm³/mol. The van der Waals surface area contributed by atoms with Crippen molar-refractivity contribution in [2.45, 2.75) is 13.0 Å². The van der Waals surface area contributed by atoms with Crippen molar-refractivity contribution in [2.75, 3.05) is 18.5 Å². The standard InChI is InChI=1S/C16H18N2O3/c1-3-15(19)18-11-7-9-13(18)16(20)17-12-8-5-6-10-14(12)21-4-2/h3,5-10,13H,1,4,11H2,2H3,(H,17,20)/t13-/m0/s1. The van der Waals surface area contributed by atoms with E-state index in [-0.39, 0.29) is 11.8 Å². The van der Waals surface area contributed by atoms with E-state index in [0.29, 0.717) is 24.6 Å². The lowest BCUT2D eigenvalue weighted by atomic mass is 10.2. The van der Waals surface area contributed by atoms with Crippen molar-refractivity contribution in [2.24, 2.45) is 0 Å². The lowest BCUT2D eigenvalue weighted by molar-refractivity contribution is -0.131. The zero-order valence-corrected chi connectivity index (χ0v) is 11.9. The van der Waals surface area contributed by atoms with Gasteiger partial charge in [-0.2, -0.15) is 0 Å². The molecule has 2 amide bonds. The smallest absolute Gasteiger partial charge is 0.251 e. The molecular weight excluding hydrogens is 268 g/mol. The fourth-order valence-corrected chi connectivity index (χ4v) is 2.15. The molecule has 1 aliphatic rings. The van der Waals surface area contributed by atoms with Gasteiger partial charge in [0.15, 0.2) is 0 Å². The number of carbonyl (C=O) groups excluding carboxylic acids is 2. The lowest BCUT2D eigenvalue weighted by Crippen LogP contribution is -2.42. The number of benzene rings is 1. The minimum absolute atomic E-state index is 0.266. The third kappa shape index (κ3) is 3.31. The molecule has 0 saturated heterocycles. The number of amides is 2. The van der Waals surface area contributed by atoms with Crippen LogP contribution in [0.2, 0.25) is 0 Å². The highest BCUT2D eigenvalue weighted by atomic mass is 16.5. The Morgan fingerprint density at radius 2 is 2.24 bits per heavy atom. The Morgan fingerprint density at radius 3 is 2.95 bits per heavy atom. The highest BCUT2D eigenvalue weighted by Crippen LogP contribution is 2.24. The average Bonchev–Trinajstić information content (AvgIpc) is 2.98. The lowest BCUT2D eigenvalue weighted by Gasteiger charge is -2.22. The number of anilines is 1. The summed E-state index contributed by atoms with van der Waals surface area (Å²) in [6.07, 6.45) is 4.71. The maximum Gasteiger partial charge on any atom is 0.251 e. The quantitative estimate of drug-likeness (QED) is 0.665. The number of para-hydroxylation sites is 2. The van der Waals surface area contributed by atoms with Crippen LogP contribution in [0, 0.1) is 0 Å². The van der Waals surface area contributed by atoms with E-state index in [1.807, 2.05) is 19.1 Å². The molecule has 1 atom stereocenters. The Morgan fingerprint density at radius 1 is 1.48 bits per heavy atom. The molecule has 0 radical (unpaired) electrons. The van der Waals surface area contributed by atoms with Crippen LogP contribution in [0.15, 0.2) is 49.1 Å². The molecule has 1 aliphatic heterocycles. The first-order valence-electron chi connectivity index (χ1n) is 6.79. The second kappa shape index (κ2) is 6.74. The van der Waals surface area contributed by atoms with Gasteiger partial charge in [-0.15, -0.1) is 0 Å². The summed E-state index contributed by atoms with van der Waals surface area (Å²) < 4.78 is 5.47. The molecule has 1 aromatic carbocycles. The molecule has 5 nitrogen and oxygen atoms in total. The van der Waals surface area contributed by atoms with E-state index >= 15 is 0 Å². The van der Waals surface area contributed by atoms with Crippen molar-refractivity contribution in [3.05, 3.63) is 49.1 Å². The number of ether oxygens (including phenoxy) is 1. The van der Waals surface area contributed by atoms with Crippen molar-refractivity contribution in [1.82, 2.24) is 4.90 Å². The van der Waals surface area contributed by atoms with Crippen LogP contribution >= 0.6 is 0 Å². The van der Waals surface area contributed by atoms with Crippen LogP contribution in [0.25, 0.3) is 0 Å². The third-order valence-electron chi connectivity index (χ3n) is 3.13. The van der Waals surface area contributed by atoms with Gasteiger partial charge >= 0.3 is 0 Å². The summed E-state index contributed by atoms with van der Waals surface area (Å²) in [6, 6.07) is 6.58. The second-order valence-corrected chi connectivity index (χ2v) is 4.49. The summed E-state index contributed by atoms with van der Waals surface area (Å²) in [5, 5.41) is 2.80. The molecule has 2 rings (SSSR count). The van der Waals surface area contributed by atoms with E-state index < -0.39 is 6.04 Å². The highest BCUT2D eigenvalue weighted by Gasteiger charge is 2.29. The molecule has 21 heavy (non-hydrogen) atoms. The molecule has 1 N–H and O–H groups in total. The molecule has 1 aromatic rings. The monoisotopic (exact) mass is 286 g/mol. The third-order valence-corrected chi connectivity index (χ3v) is 3.13. The van der Waals surface area contributed by atoms with Crippen molar-refractivity contribution in [1.29, 1.82) is 0 Å². The van der Waals surface area contributed by atoms with Crippen molar-refractivity contribution in [3.63, 3.8) is 0 Å². The van der Waals surface area contributed by atoms with E-state index in [4.69, 9.17) is 4.74 Å². The predicted octanol–water partition coefficient (Wildman–Crippen LogP) is 1.98. The van der Waals surface area contributed by atoms with Crippen LogP contribution in [0.5, 0.6) is 5.75 Å². The van der Waals surface area contributed by atoms with Gasteiger partial charge < -0.3 is 15.0 Å². The van der Waals surface area contributed by atoms with Gasteiger partial charge in [0.2, 0.25) is 5.91 Å². The minimum atomic E-state index is -0.620. The Bertz CT molecular complexity index is 581. The molecule has 0 bridgehead atoms. The van der Waals surface area contributed by atoms with Crippen molar-refractivity contribution in [3.8, 4) is 5.75 Å². The van der Waals surface area contributed by atoms with E-state index in [1.165, 1.54) is 11.0 Å². The zero-order chi connectivity index (χ0) is 15.2. The van der Waals surface area contributed by atoms with Gasteiger partial charge in [-0.25, -0.2) is 0 Å². The number of hydrogen-bond donors (Lipinski definition) is 1. The second-order valence-electron chi connectivity index (χ2n) is 4.49. The minimum Gasteiger partial charge on any atom is -0.492 e. The number of nitrogens with zero attached hydrogens (tertiary/aromatic N) is 1. The maximum absolute atomic E-state index is 12.4. The van der Waals surface area contributed by atoms with Gasteiger partial charge in [0.25, 0.3) is 5.91 Å². The molecule has 110 valence electrons. The summed E-state index contributed by atoms with van der Waals surface area (Å²) in [6.45, 7) is 6.25. The molecule has 1 heterocycles. The van der Waals surface area contributed by atoms with Crippen LogP contribution in [-0.4, -0.2) is 35.9 Å². The number of carbonyl (C=O) groups is 2. The molecule has 0 spiro atoms. The maximum atomic E-state index is 12.4. The fraction of sp³-hybridized carbons (Fsp3) is 0.250. The molecular formula is C16H18N2O3. The first kappa shape index (κ1) is 14.8. The van der Waals surface area contributed by atoms with Gasteiger partial charge in [-0.1, -0.05) is 30.9 Å². The SMILES string of the molecule is C=CC(=O)N1CC=C[C@H]1C(=O)Nc1ccccc1OCC. The van der Waals surface area contributed by atoms with Gasteiger partial charge in [0.05, 0.1) is 12.3 Å². The van der Waals surface area contributed by atoms with Gasteiger partial charge in [0, 0.05) is 6.54 Å². The van der Waals surface area contributed by atoms with Crippen LogP contribution in [-0.2, 0) is 9.59 Å². The summed E-state index contributed by atoms with van der Waals surface area (Å²) in [4.78, 5) is 25.5. The first-order valence-corrected chi connectivity index (χ1v) is 6.79. The Balaban J connectivity index is 2.12. The Hall–Kier alpha value is -2.56. The van der Waals surface area contributed by atoms with Crippen molar-refractivity contribution >= 4 is 17.5 Å². The molecule has 0 aliphatic carbocycles. The molecule has 0 aromatic heterocycles. The van der Waals surface area contributed by atoms with E-state index in [9.17, 15) is 9.59 Å². The van der Waals surface area contributed by atoms with Crippen molar-refractivity contribution < 1.29 is 14.3 Å².